The summed E-state index contributed by atoms with van der Waals surface area (Å²) >= 11 is 6.29. The van der Waals surface area contributed by atoms with Crippen molar-refractivity contribution in [2.75, 3.05) is 6.54 Å². The van der Waals surface area contributed by atoms with E-state index in [0.29, 0.717) is 28.2 Å². The summed E-state index contributed by atoms with van der Waals surface area (Å²) in [4.78, 5) is 52.7. The molecule has 0 spiro atoms. The molecule has 1 aromatic heterocycles. The van der Waals surface area contributed by atoms with E-state index >= 15 is 0 Å². The lowest BCUT2D eigenvalue weighted by molar-refractivity contribution is -0.165. The fraction of sp³-hybridized carbons (Fsp3) is 0.583. The largest absolute Gasteiger partial charge is 0.471 e. The lowest BCUT2D eigenvalue weighted by atomic mass is 9.85. The number of ether oxygens (including phenoxy) is 3. The van der Waals surface area contributed by atoms with E-state index in [2.05, 4.69) is 11.9 Å². The van der Waals surface area contributed by atoms with Gasteiger partial charge in [-0.05, 0) is 76.1 Å². The molecule has 1 saturated carbocycles. The average Bonchev–Trinajstić information content (AvgIpc) is 3.47. The number of aromatic nitrogens is 2. The molecular weight excluding hydrogens is 620 g/mol. The Kier molecular flexibility index (Phi) is 9.92. The summed E-state index contributed by atoms with van der Waals surface area (Å²) in [6.45, 7) is 17.0. The van der Waals surface area contributed by atoms with E-state index in [0.717, 1.165) is 31.3 Å². The number of nitrogens with zero attached hydrogens (tertiary/aromatic N) is 3. The van der Waals surface area contributed by atoms with Gasteiger partial charge in [0.15, 0.2) is 0 Å². The van der Waals surface area contributed by atoms with Crippen molar-refractivity contribution in [1.29, 1.82) is 0 Å². The van der Waals surface area contributed by atoms with Gasteiger partial charge in [-0.1, -0.05) is 57.5 Å². The van der Waals surface area contributed by atoms with Crippen LogP contribution in [-0.4, -0.2) is 69.3 Å². The number of alkyl carbamates (subject to hydrolysis) is 1. The van der Waals surface area contributed by atoms with Crippen LogP contribution in [0, 0.1) is 17.3 Å². The Hall–Kier alpha value is -3.66. The van der Waals surface area contributed by atoms with Crippen molar-refractivity contribution >= 4 is 46.7 Å². The molecule has 2 aromatic rings. The monoisotopic (exact) mass is 666 g/mol. The number of nitrogens with one attached hydrogen (secondary N) is 1. The molecule has 10 nitrogen and oxygen atoms in total. The van der Waals surface area contributed by atoms with Gasteiger partial charge in [-0.3, -0.25) is 4.79 Å². The molecule has 2 bridgehead atoms. The van der Waals surface area contributed by atoms with Crippen LogP contribution in [-0.2, 0) is 19.1 Å². The van der Waals surface area contributed by atoms with Crippen LogP contribution in [0.2, 0.25) is 5.02 Å². The van der Waals surface area contributed by atoms with Crippen LogP contribution in [0.4, 0.5) is 4.79 Å². The van der Waals surface area contributed by atoms with E-state index in [4.69, 9.17) is 35.8 Å². The average molecular weight is 667 g/mol. The second-order valence-electron chi connectivity index (χ2n) is 15.2. The van der Waals surface area contributed by atoms with Crippen molar-refractivity contribution in [3.05, 3.63) is 47.1 Å². The fourth-order valence-electron chi connectivity index (χ4n) is 6.66. The standard InChI is InChI=1S/C36H47ClN4O6/c1-20-16-22-12-10-9-11-13-25-31(39-26-18-23(37)14-15-24(26)38-25)45-28-19-41(29(21(28)2)33(43)47-36(6,7)8)32(42)30(35(3,4)5)40-34(44)46-27(22)17-20/h11,13-15,18,21-22,27-30H,1,9-10,12,16-17,19H2,2-8H3,(H,40,44)/b13-11+/t21-,22-,27-,28+,29+,30-/m1/s1. The maximum Gasteiger partial charge on any atom is 0.408 e. The quantitative estimate of drug-likeness (QED) is 0.258. The van der Waals surface area contributed by atoms with E-state index in [1.165, 1.54) is 4.90 Å². The molecule has 5 rings (SSSR count). The Labute approximate surface area is 282 Å². The molecule has 0 unspecified atom stereocenters. The molecule has 1 aliphatic carbocycles. The van der Waals surface area contributed by atoms with Gasteiger partial charge in [-0.25, -0.2) is 19.6 Å². The van der Waals surface area contributed by atoms with Crippen molar-refractivity contribution in [2.24, 2.45) is 17.3 Å². The van der Waals surface area contributed by atoms with E-state index < -0.39 is 53.1 Å². The van der Waals surface area contributed by atoms with Crippen LogP contribution < -0.4 is 10.1 Å². The van der Waals surface area contributed by atoms with E-state index in [-0.39, 0.29) is 24.4 Å². The Bertz CT molecular complexity index is 1580. The van der Waals surface area contributed by atoms with Gasteiger partial charge in [0.2, 0.25) is 11.8 Å². The normalized spacial score (nSPS) is 28.3. The third-order valence-electron chi connectivity index (χ3n) is 9.03. The highest BCUT2D eigenvalue weighted by atomic mass is 35.5. The number of fused-ring (bicyclic) bond motifs is 5. The van der Waals surface area contributed by atoms with Crippen LogP contribution >= 0.6 is 11.6 Å². The molecule has 0 radical (unpaired) electrons. The number of rotatable bonds is 1. The molecule has 254 valence electrons. The fourth-order valence-corrected chi connectivity index (χ4v) is 6.83. The van der Waals surface area contributed by atoms with Crippen molar-refractivity contribution < 1.29 is 28.6 Å². The van der Waals surface area contributed by atoms with Gasteiger partial charge >= 0.3 is 12.1 Å². The molecule has 2 aliphatic heterocycles. The number of hydrogen-bond acceptors (Lipinski definition) is 8. The second kappa shape index (κ2) is 13.5. The summed E-state index contributed by atoms with van der Waals surface area (Å²) in [7, 11) is 0. The van der Waals surface area contributed by atoms with Crippen LogP contribution in [0.5, 0.6) is 5.88 Å². The first-order chi connectivity index (χ1) is 22.0. The summed E-state index contributed by atoms with van der Waals surface area (Å²) in [5.41, 5.74) is 1.32. The predicted molar refractivity (Wildman–Crippen MR) is 181 cm³/mol. The molecule has 11 heteroatoms. The summed E-state index contributed by atoms with van der Waals surface area (Å²) < 4.78 is 18.3. The molecule has 1 aromatic carbocycles. The number of carbonyl (C=O) groups excluding carboxylic acids is 3. The smallest absolute Gasteiger partial charge is 0.408 e. The maximum atomic E-state index is 14.5. The molecule has 47 heavy (non-hydrogen) atoms. The van der Waals surface area contributed by atoms with Crippen LogP contribution in [0.15, 0.2) is 36.4 Å². The van der Waals surface area contributed by atoms with Crippen molar-refractivity contribution in [1.82, 2.24) is 20.2 Å². The lowest BCUT2D eigenvalue weighted by Gasteiger charge is -2.36. The first-order valence-electron chi connectivity index (χ1n) is 16.5. The van der Waals surface area contributed by atoms with Crippen LogP contribution in [0.25, 0.3) is 17.1 Å². The molecule has 1 N–H and O–H groups in total. The van der Waals surface area contributed by atoms with Crippen molar-refractivity contribution in [3.8, 4) is 5.88 Å². The van der Waals surface area contributed by atoms with Crippen LogP contribution in [0.1, 0.15) is 86.3 Å². The third-order valence-corrected chi connectivity index (χ3v) is 9.27. The van der Waals surface area contributed by atoms with Gasteiger partial charge in [0.25, 0.3) is 0 Å². The Morgan fingerprint density at radius 1 is 1.06 bits per heavy atom. The number of carbonyl (C=O) groups is 3. The lowest BCUT2D eigenvalue weighted by Crippen LogP contribution is -2.58. The minimum absolute atomic E-state index is 0.0656. The van der Waals surface area contributed by atoms with Gasteiger partial charge in [-0.15, -0.1) is 0 Å². The molecule has 3 aliphatic rings. The Morgan fingerprint density at radius 2 is 1.81 bits per heavy atom. The number of benzene rings is 1. The van der Waals surface area contributed by atoms with E-state index in [1.807, 2.05) is 45.9 Å². The van der Waals surface area contributed by atoms with Gasteiger partial charge < -0.3 is 24.4 Å². The summed E-state index contributed by atoms with van der Waals surface area (Å²) in [5.74, 6) is -1.04. The van der Waals surface area contributed by atoms with Gasteiger partial charge in [-0.2, -0.15) is 0 Å². The zero-order chi connectivity index (χ0) is 34.3. The third kappa shape index (κ3) is 8.08. The highest BCUT2D eigenvalue weighted by molar-refractivity contribution is 6.31. The molecular formula is C36H47ClN4O6. The van der Waals surface area contributed by atoms with Gasteiger partial charge in [0.1, 0.15) is 35.6 Å². The first kappa shape index (κ1) is 34.7. The van der Waals surface area contributed by atoms with E-state index in [1.54, 1.807) is 32.9 Å². The zero-order valence-electron chi connectivity index (χ0n) is 28.5. The number of amides is 2. The number of esters is 1. The van der Waals surface area contributed by atoms with Crippen molar-refractivity contribution in [3.63, 3.8) is 0 Å². The number of halogens is 1. The van der Waals surface area contributed by atoms with Gasteiger partial charge in [0, 0.05) is 23.3 Å². The minimum atomic E-state index is -0.992. The molecule has 3 heterocycles. The minimum Gasteiger partial charge on any atom is -0.471 e. The predicted octanol–water partition coefficient (Wildman–Crippen LogP) is 6.89. The summed E-state index contributed by atoms with van der Waals surface area (Å²) in [6, 6.07) is 3.35. The molecule has 2 amide bonds. The summed E-state index contributed by atoms with van der Waals surface area (Å²) in [5, 5.41) is 3.38. The second-order valence-corrected chi connectivity index (χ2v) is 15.6. The Morgan fingerprint density at radius 3 is 2.51 bits per heavy atom. The number of hydrogen-bond donors (Lipinski definition) is 1. The van der Waals surface area contributed by atoms with Crippen molar-refractivity contribution in [2.45, 2.75) is 110 Å². The zero-order valence-corrected chi connectivity index (χ0v) is 29.2. The molecule has 1 saturated heterocycles. The SMILES string of the molecule is C=C1C[C@H]2CCC/C=C/c3nc4ccc(Cl)cc4nc3O[C@H]3CN(C(=O)[C@H](C(C)(C)C)NC(=O)O[C@@H]2C1)[C@H](C(=O)OC(C)(C)C)[C@@H]3C. The molecule has 6 atom stereocenters. The topological polar surface area (TPSA) is 120 Å². The maximum absolute atomic E-state index is 14.5. The first-order valence-corrected chi connectivity index (χ1v) is 16.9. The van der Waals surface area contributed by atoms with Gasteiger partial charge in [0.05, 0.1) is 17.6 Å². The van der Waals surface area contributed by atoms with E-state index in [9.17, 15) is 14.4 Å². The number of allylic oxidation sites excluding steroid dienone is 1. The van der Waals surface area contributed by atoms with Crippen LogP contribution in [0.3, 0.4) is 0 Å². The highest BCUT2D eigenvalue weighted by Crippen LogP contribution is 2.37. The highest BCUT2D eigenvalue weighted by Gasteiger charge is 2.51. The summed E-state index contributed by atoms with van der Waals surface area (Å²) in [6.07, 6.45) is 6.19. The Balaban J connectivity index is 1.58. The molecule has 2 fully saturated rings.